The third-order valence-electron chi connectivity index (χ3n) is 4.80. The van der Waals surface area contributed by atoms with Crippen LogP contribution >= 0.6 is 0 Å². The summed E-state index contributed by atoms with van der Waals surface area (Å²) in [5, 5.41) is 1.21. The Balaban J connectivity index is 1.48. The van der Waals surface area contributed by atoms with Gasteiger partial charge < -0.3 is 9.88 Å². The molecule has 3 nitrogen and oxygen atoms in total. The summed E-state index contributed by atoms with van der Waals surface area (Å²) in [6.45, 7) is 1.24. The molecule has 1 aliphatic heterocycles. The van der Waals surface area contributed by atoms with E-state index in [0.29, 0.717) is 18.7 Å². The lowest BCUT2D eigenvalue weighted by Gasteiger charge is -2.26. The minimum atomic E-state index is -0.317. The molecule has 4 rings (SSSR count). The maximum absolute atomic E-state index is 13.7. The molecule has 0 unspecified atom stereocenters. The molecule has 25 heavy (non-hydrogen) atoms. The zero-order chi connectivity index (χ0) is 17.2. The van der Waals surface area contributed by atoms with Gasteiger partial charge in [0, 0.05) is 35.8 Å². The Hall–Kier alpha value is -2.88. The molecular weight excluding hydrogens is 315 g/mol. The van der Waals surface area contributed by atoms with Crippen molar-refractivity contribution in [1.29, 1.82) is 0 Å². The molecule has 1 N–H and O–H groups in total. The summed E-state index contributed by atoms with van der Waals surface area (Å²) < 4.78 is 13.7. The number of rotatable bonds is 3. The minimum Gasteiger partial charge on any atom is -0.361 e. The summed E-state index contributed by atoms with van der Waals surface area (Å²) in [6.07, 6.45) is 5.07. The highest BCUT2D eigenvalue weighted by Gasteiger charge is 2.20. The fraction of sp³-hybridized carbons (Fsp3) is 0.190. The number of nitrogens with one attached hydrogen (secondary N) is 1. The van der Waals surface area contributed by atoms with Crippen LogP contribution in [0.15, 0.2) is 60.8 Å². The van der Waals surface area contributed by atoms with E-state index in [1.807, 2.05) is 18.3 Å². The van der Waals surface area contributed by atoms with Gasteiger partial charge in [0.1, 0.15) is 5.82 Å². The molecule has 126 valence electrons. The first-order valence-electron chi connectivity index (χ1n) is 8.49. The lowest BCUT2D eigenvalue weighted by Crippen LogP contribution is -2.35. The number of amides is 1. The van der Waals surface area contributed by atoms with Crippen molar-refractivity contribution in [2.24, 2.45) is 0 Å². The topological polar surface area (TPSA) is 36.1 Å². The van der Waals surface area contributed by atoms with Crippen LogP contribution in [-0.4, -0.2) is 28.9 Å². The summed E-state index contributed by atoms with van der Waals surface area (Å²) in [6, 6.07) is 14.7. The van der Waals surface area contributed by atoms with Crippen molar-refractivity contribution in [1.82, 2.24) is 9.88 Å². The monoisotopic (exact) mass is 334 g/mol. The molecule has 3 aromatic rings. The van der Waals surface area contributed by atoms with Crippen molar-refractivity contribution >= 4 is 22.4 Å². The molecule has 0 aliphatic carbocycles. The number of fused-ring (bicyclic) bond motifs is 1. The van der Waals surface area contributed by atoms with E-state index in [1.54, 1.807) is 23.1 Å². The van der Waals surface area contributed by atoms with E-state index in [4.69, 9.17) is 0 Å². The molecule has 0 bridgehead atoms. The second kappa shape index (κ2) is 6.55. The Bertz CT molecular complexity index is 957. The highest BCUT2D eigenvalue weighted by molar-refractivity contribution is 5.93. The second-order valence-electron chi connectivity index (χ2n) is 6.34. The first-order chi connectivity index (χ1) is 12.2. The van der Waals surface area contributed by atoms with Crippen LogP contribution < -0.4 is 0 Å². The first kappa shape index (κ1) is 15.6. The minimum absolute atomic E-state index is 0.0284. The van der Waals surface area contributed by atoms with Crippen LogP contribution in [-0.2, 0) is 11.2 Å². The number of aromatic amines is 1. The largest absolute Gasteiger partial charge is 0.361 e. The molecular formula is C21H19FN2O. The second-order valence-corrected chi connectivity index (χ2v) is 6.34. The summed E-state index contributed by atoms with van der Waals surface area (Å²) >= 11 is 0. The molecule has 0 fully saturated rings. The Kier molecular flexibility index (Phi) is 4.10. The quantitative estimate of drug-likeness (QED) is 0.767. The maximum atomic E-state index is 13.7. The summed E-state index contributed by atoms with van der Waals surface area (Å²) in [5.41, 5.74) is 4.04. The predicted octanol–water partition coefficient (Wildman–Crippen LogP) is 4.17. The average Bonchev–Trinajstić information content (AvgIpc) is 3.08. The average molecular weight is 334 g/mol. The van der Waals surface area contributed by atoms with E-state index < -0.39 is 0 Å². The predicted molar refractivity (Wildman–Crippen MR) is 97.6 cm³/mol. The van der Waals surface area contributed by atoms with E-state index in [1.165, 1.54) is 22.6 Å². The van der Waals surface area contributed by atoms with Gasteiger partial charge >= 0.3 is 0 Å². The number of hydrogen-bond donors (Lipinski definition) is 1. The van der Waals surface area contributed by atoms with Gasteiger partial charge in [0.2, 0.25) is 5.91 Å². The van der Waals surface area contributed by atoms with E-state index in [2.05, 4.69) is 23.2 Å². The van der Waals surface area contributed by atoms with Crippen molar-refractivity contribution in [2.45, 2.75) is 12.8 Å². The Morgan fingerprint density at radius 3 is 2.72 bits per heavy atom. The summed E-state index contributed by atoms with van der Waals surface area (Å²) in [5.74, 6) is -0.345. The number of benzene rings is 2. The summed E-state index contributed by atoms with van der Waals surface area (Å²) in [7, 11) is 0. The molecule has 0 saturated carbocycles. The fourth-order valence-electron chi connectivity index (χ4n) is 3.39. The van der Waals surface area contributed by atoms with Crippen molar-refractivity contribution in [3.8, 4) is 0 Å². The number of aromatic nitrogens is 1. The molecule has 0 atom stereocenters. The molecule has 4 heteroatoms. The van der Waals surface area contributed by atoms with Gasteiger partial charge in [-0.3, -0.25) is 4.79 Å². The lowest BCUT2D eigenvalue weighted by atomic mass is 9.98. The van der Waals surface area contributed by atoms with E-state index in [-0.39, 0.29) is 18.1 Å². The van der Waals surface area contributed by atoms with Crippen molar-refractivity contribution < 1.29 is 9.18 Å². The number of carbonyl (C=O) groups excluding carboxylic acids is 1. The maximum Gasteiger partial charge on any atom is 0.227 e. The first-order valence-corrected chi connectivity index (χ1v) is 8.49. The Morgan fingerprint density at radius 2 is 1.92 bits per heavy atom. The zero-order valence-electron chi connectivity index (χ0n) is 13.8. The smallest absolute Gasteiger partial charge is 0.227 e. The van der Waals surface area contributed by atoms with Crippen molar-refractivity contribution in [3.05, 3.63) is 77.7 Å². The molecule has 2 heterocycles. The molecule has 0 spiro atoms. The highest BCUT2D eigenvalue weighted by Crippen LogP contribution is 2.29. The van der Waals surface area contributed by atoms with Gasteiger partial charge in [0.15, 0.2) is 0 Å². The molecule has 1 amide bonds. The Morgan fingerprint density at radius 1 is 1.12 bits per heavy atom. The number of halogens is 1. The number of carbonyl (C=O) groups is 1. The third kappa shape index (κ3) is 3.07. The van der Waals surface area contributed by atoms with Gasteiger partial charge in [-0.2, -0.15) is 0 Å². The number of nitrogens with zero attached hydrogens (tertiary/aromatic N) is 1. The van der Waals surface area contributed by atoms with Crippen molar-refractivity contribution in [2.75, 3.05) is 13.1 Å². The lowest BCUT2D eigenvalue weighted by molar-refractivity contribution is -0.130. The van der Waals surface area contributed by atoms with Crippen LogP contribution in [0.2, 0.25) is 0 Å². The van der Waals surface area contributed by atoms with Crippen LogP contribution in [0.4, 0.5) is 4.39 Å². The van der Waals surface area contributed by atoms with E-state index in [9.17, 15) is 9.18 Å². The molecule has 1 aromatic heterocycles. The van der Waals surface area contributed by atoms with Gasteiger partial charge in [-0.1, -0.05) is 42.5 Å². The number of H-pyrrole nitrogens is 1. The van der Waals surface area contributed by atoms with Crippen LogP contribution in [0.1, 0.15) is 17.5 Å². The van der Waals surface area contributed by atoms with Gasteiger partial charge in [-0.15, -0.1) is 0 Å². The SMILES string of the molecule is O=C(Cc1ccccc1F)N1CC=C(c2c[nH]c3ccccc23)CC1. The van der Waals surface area contributed by atoms with Gasteiger partial charge in [-0.05, 0) is 29.7 Å². The highest BCUT2D eigenvalue weighted by atomic mass is 19.1. The molecule has 0 saturated heterocycles. The normalized spacial score (nSPS) is 14.6. The molecule has 1 aliphatic rings. The summed E-state index contributed by atoms with van der Waals surface area (Å²) in [4.78, 5) is 17.5. The Labute approximate surface area is 145 Å². The standard InChI is InChI=1S/C21H19FN2O/c22-19-7-3-1-5-16(19)13-21(25)24-11-9-15(10-12-24)18-14-23-20-8-4-2-6-17(18)20/h1-9,14,23H,10-13H2. The number of para-hydroxylation sites is 1. The van der Waals surface area contributed by atoms with Gasteiger partial charge in [-0.25, -0.2) is 4.39 Å². The van der Waals surface area contributed by atoms with Crippen LogP contribution in [0.5, 0.6) is 0 Å². The van der Waals surface area contributed by atoms with Crippen LogP contribution in [0, 0.1) is 5.82 Å². The van der Waals surface area contributed by atoms with Crippen molar-refractivity contribution in [3.63, 3.8) is 0 Å². The van der Waals surface area contributed by atoms with E-state index >= 15 is 0 Å². The third-order valence-corrected chi connectivity index (χ3v) is 4.80. The van der Waals surface area contributed by atoms with E-state index in [0.717, 1.165) is 11.9 Å². The molecule has 0 radical (unpaired) electrons. The van der Waals surface area contributed by atoms with Crippen LogP contribution in [0.25, 0.3) is 16.5 Å². The van der Waals surface area contributed by atoms with Gasteiger partial charge in [0.25, 0.3) is 0 Å². The number of hydrogen-bond acceptors (Lipinski definition) is 1. The van der Waals surface area contributed by atoms with Crippen LogP contribution in [0.3, 0.4) is 0 Å². The fourth-order valence-corrected chi connectivity index (χ4v) is 3.39. The molecule has 2 aromatic carbocycles. The zero-order valence-corrected chi connectivity index (χ0v) is 13.8. The van der Waals surface area contributed by atoms with Gasteiger partial charge in [0.05, 0.1) is 6.42 Å².